The van der Waals surface area contributed by atoms with Crippen molar-refractivity contribution in [3.8, 4) is 0 Å². The van der Waals surface area contributed by atoms with Crippen molar-refractivity contribution in [3.63, 3.8) is 0 Å². The summed E-state index contributed by atoms with van der Waals surface area (Å²) in [5.41, 5.74) is 0.564. The summed E-state index contributed by atoms with van der Waals surface area (Å²) in [4.78, 5) is 2.00. The standard InChI is InChI=1S/C10H19N3O/c1-10(2,12(3)4)9(14)8-6-11-13(5)7-8/h6-7,9,14H,1-5H3. The molecule has 1 heterocycles. The Morgan fingerprint density at radius 3 is 2.43 bits per heavy atom. The predicted molar refractivity (Wildman–Crippen MR) is 55.9 cm³/mol. The Kier molecular flexibility index (Phi) is 2.97. The molecule has 1 atom stereocenters. The number of aliphatic hydroxyl groups is 1. The summed E-state index contributed by atoms with van der Waals surface area (Å²) in [7, 11) is 5.76. The number of nitrogens with zero attached hydrogens (tertiary/aromatic N) is 3. The average Bonchev–Trinajstić information content (AvgIpc) is 2.50. The van der Waals surface area contributed by atoms with E-state index in [1.807, 2.05) is 46.1 Å². The molecule has 0 aromatic carbocycles. The fourth-order valence-electron chi connectivity index (χ4n) is 1.23. The lowest BCUT2D eigenvalue weighted by Gasteiger charge is -2.36. The number of hydrogen-bond acceptors (Lipinski definition) is 3. The van der Waals surface area contributed by atoms with Crippen LogP contribution in [0.5, 0.6) is 0 Å². The normalized spacial score (nSPS) is 14.8. The Bertz CT molecular complexity index is 304. The molecule has 0 spiro atoms. The molecule has 4 nitrogen and oxygen atoms in total. The Hall–Kier alpha value is -0.870. The minimum Gasteiger partial charge on any atom is -0.386 e. The first-order chi connectivity index (χ1) is 6.35. The molecular weight excluding hydrogens is 178 g/mol. The minimum atomic E-state index is -0.522. The number of aromatic nitrogens is 2. The van der Waals surface area contributed by atoms with E-state index >= 15 is 0 Å². The number of hydrogen-bond donors (Lipinski definition) is 1. The zero-order valence-corrected chi connectivity index (χ0v) is 9.52. The number of likely N-dealkylation sites (N-methyl/N-ethyl adjacent to an activating group) is 1. The van der Waals surface area contributed by atoms with Crippen molar-refractivity contribution >= 4 is 0 Å². The van der Waals surface area contributed by atoms with Gasteiger partial charge in [0.2, 0.25) is 0 Å². The second kappa shape index (κ2) is 3.71. The SMILES string of the molecule is CN(C)C(C)(C)C(O)c1cnn(C)c1. The maximum absolute atomic E-state index is 10.1. The Labute approximate surface area is 85.1 Å². The van der Waals surface area contributed by atoms with Crippen LogP contribution in [0, 0.1) is 0 Å². The number of aryl methyl sites for hydroxylation is 1. The summed E-state index contributed by atoms with van der Waals surface area (Å²) >= 11 is 0. The molecule has 0 aliphatic rings. The molecule has 1 aromatic rings. The molecule has 0 amide bonds. The molecule has 1 rings (SSSR count). The minimum absolute atomic E-state index is 0.289. The maximum Gasteiger partial charge on any atom is 0.0998 e. The summed E-state index contributed by atoms with van der Waals surface area (Å²) in [5.74, 6) is 0. The van der Waals surface area contributed by atoms with Crippen molar-refractivity contribution in [2.24, 2.45) is 7.05 Å². The third-order valence-electron chi connectivity index (χ3n) is 2.86. The van der Waals surface area contributed by atoms with Gasteiger partial charge in [-0.2, -0.15) is 5.10 Å². The molecule has 80 valence electrons. The van der Waals surface area contributed by atoms with Crippen molar-refractivity contribution in [2.75, 3.05) is 14.1 Å². The molecule has 1 aromatic heterocycles. The van der Waals surface area contributed by atoms with Gasteiger partial charge >= 0.3 is 0 Å². The Morgan fingerprint density at radius 2 is 2.07 bits per heavy atom. The summed E-state index contributed by atoms with van der Waals surface area (Å²) in [6.45, 7) is 4.01. The fraction of sp³-hybridized carbons (Fsp3) is 0.700. The first-order valence-electron chi connectivity index (χ1n) is 4.69. The fourth-order valence-corrected chi connectivity index (χ4v) is 1.23. The lowest BCUT2D eigenvalue weighted by atomic mass is 9.92. The molecule has 0 radical (unpaired) electrons. The van der Waals surface area contributed by atoms with E-state index in [0.29, 0.717) is 0 Å². The van der Waals surface area contributed by atoms with Gasteiger partial charge in [-0.1, -0.05) is 0 Å². The molecule has 1 N–H and O–H groups in total. The van der Waals surface area contributed by atoms with Gasteiger partial charge in [0.15, 0.2) is 0 Å². The molecule has 1 unspecified atom stereocenters. The number of aliphatic hydroxyl groups excluding tert-OH is 1. The molecule has 4 heteroatoms. The number of rotatable bonds is 3. The second-order valence-corrected chi connectivity index (χ2v) is 4.40. The van der Waals surface area contributed by atoms with Gasteiger partial charge in [0.1, 0.15) is 0 Å². The van der Waals surface area contributed by atoms with Crippen LogP contribution in [-0.2, 0) is 7.05 Å². The quantitative estimate of drug-likeness (QED) is 0.779. The van der Waals surface area contributed by atoms with Crippen LogP contribution < -0.4 is 0 Å². The summed E-state index contributed by atoms with van der Waals surface area (Å²) in [5, 5.41) is 14.2. The van der Waals surface area contributed by atoms with Crippen molar-refractivity contribution in [2.45, 2.75) is 25.5 Å². The van der Waals surface area contributed by atoms with Gasteiger partial charge in [-0.25, -0.2) is 0 Å². The topological polar surface area (TPSA) is 41.3 Å². The highest BCUT2D eigenvalue weighted by atomic mass is 16.3. The van der Waals surface area contributed by atoms with E-state index in [-0.39, 0.29) is 5.54 Å². The van der Waals surface area contributed by atoms with Crippen molar-refractivity contribution in [1.29, 1.82) is 0 Å². The van der Waals surface area contributed by atoms with Crippen LogP contribution in [0.1, 0.15) is 25.5 Å². The van der Waals surface area contributed by atoms with Gasteiger partial charge in [0.05, 0.1) is 12.3 Å². The van der Waals surface area contributed by atoms with E-state index in [1.165, 1.54) is 0 Å². The second-order valence-electron chi connectivity index (χ2n) is 4.40. The van der Waals surface area contributed by atoms with E-state index < -0.39 is 6.10 Å². The molecular formula is C10H19N3O. The maximum atomic E-state index is 10.1. The van der Waals surface area contributed by atoms with Gasteiger partial charge in [-0.3, -0.25) is 4.68 Å². The smallest absolute Gasteiger partial charge is 0.0998 e. The lowest BCUT2D eigenvalue weighted by molar-refractivity contribution is 0.0163. The lowest BCUT2D eigenvalue weighted by Crippen LogP contribution is -2.43. The van der Waals surface area contributed by atoms with E-state index in [2.05, 4.69) is 5.10 Å². The Morgan fingerprint density at radius 1 is 1.50 bits per heavy atom. The van der Waals surface area contributed by atoms with Crippen molar-refractivity contribution in [1.82, 2.24) is 14.7 Å². The third-order valence-corrected chi connectivity index (χ3v) is 2.86. The van der Waals surface area contributed by atoms with Gasteiger partial charge in [-0.05, 0) is 27.9 Å². The molecule has 0 aliphatic heterocycles. The molecule has 0 bridgehead atoms. The highest BCUT2D eigenvalue weighted by molar-refractivity contribution is 5.13. The van der Waals surface area contributed by atoms with E-state index in [0.717, 1.165) is 5.56 Å². The first kappa shape index (κ1) is 11.2. The van der Waals surface area contributed by atoms with Crippen LogP contribution in [0.2, 0.25) is 0 Å². The molecule has 0 aliphatic carbocycles. The van der Waals surface area contributed by atoms with Gasteiger partial charge in [0, 0.05) is 24.3 Å². The van der Waals surface area contributed by atoms with Gasteiger partial charge in [0.25, 0.3) is 0 Å². The van der Waals surface area contributed by atoms with Crippen LogP contribution in [-0.4, -0.2) is 39.4 Å². The summed E-state index contributed by atoms with van der Waals surface area (Å²) < 4.78 is 1.70. The van der Waals surface area contributed by atoms with Gasteiger partial charge < -0.3 is 10.0 Å². The molecule has 0 saturated heterocycles. The zero-order chi connectivity index (χ0) is 10.9. The summed E-state index contributed by atoms with van der Waals surface area (Å²) in [6.07, 6.45) is 3.03. The van der Waals surface area contributed by atoms with Crippen molar-refractivity contribution < 1.29 is 5.11 Å². The highest BCUT2D eigenvalue weighted by Gasteiger charge is 2.31. The largest absolute Gasteiger partial charge is 0.386 e. The van der Waals surface area contributed by atoms with E-state index in [9.17, 15) is 5.11 Å². The van der Waals surface area contributed by atoms with Crippen LogP contribution in [0.4, 0.5) is 0 Å². The van der Waals surface area contributed by atoms with E-state index in [1.54, 1.807) is 10.9 Å². The van der Waals surface area contributed by atoms with Crippen LogP contribution in [0.15, 0.2) is 12.4 Å². The summed E-state index contributed by atoms with van der Waals surface area (Å²) in [6, 6.07) is 0. The van der Waals surface area contributed by atoms with Crippen LogP contribution in [0.3, 0.4) is 0 Å². The van der Waals surface area contributed by atoms with E-state index in [4.69, 9.17) is 0 Å². The monoisotopic (exact) mass is 197 g/mol. The molecule has 0 fully saturated rings. The average molecular weight is 197 g/mol. The van der Waals surface area contributed by atoms with Gasteiger partial charge in [-0.15, -0.1) is 0 Å². The highest BCUT2D eigenvalue weighted by Crippen LogP contribution is 2.28. The van der Waals surface area contributed by atoms with Crippen LogP contribution in [0.25, 0.3) is 0 Å². The first-order valence-corrected chi connectivity index (χ1v) is 4.69. The molecule has 0 saturated carbocycles. The molecule has 14 heavy (non-hydrogen) atoms. The van der Waals surface area contributed by atoms with Crippen molar-refractivity contribution in [3.05, 3.63) is 18.0 Å². The third kappa shape index (κ3) is 1.96. The van der Waals surface area contributed by atoms with Crippen LogP contribution >= 0.6 is 0 Å². The zero-order valence-electron chi connectivity index (χ0n) is 9.52. The Balaban J connectivity index is 2.89. The predicted octanol–water partition coefficient (Wildman–Crippen LogP) is 0.794.